The van der Waals surface area contributed by atoms with Gasteiger partial charge in [-0.3, -0.25) is 0 Å². The van der Waals surface area contributed by atoms with Gasteiger partial charge >= 0.3 is 12.3 Å². The van der Waals surface area contributed by atoms with Crippen molar-refractivity contribution in [3.05, 3.63) is 11.6 Å². The highest BCUT2D eigenvalue weighted by Crippen LogP contribution is 2.34. The number of hydrogen-bond acceptors (Lipinski definition) is 1. The van der Waals surface area contributed by atoms with Crippen LogP contribution in [0.2, 0.25) is 0 Å². The Kier molecular flexibility index (Phi) is 3.53. The lowest BCUT2D eigenvalue weighted by Gasteiger charge is -2.25. The van der Waals surface area contributed by atoms with Crippen molar-refractivity contribution in [3.63, 3.8) is 0 Å². The Morgan fingerprint density at radius 2 is 1.93 bits per heavy atom. The topological polar surface area (TPSA) is 20.2 Å². The van der Waals surface area contributed by atoms with Crippen molar-refractivity contribution in [3.8, 4) is 0 Å². The summed E-state index contributed by atoms with van der Waals surface area (Å²) in [5, 5.41) is 9.07. The zero-order valence-corrected chi connectivity index (χ0v) is 7.52. The Balaban J connectivity index is 2.72. The molecule has 0 radical (unpaired) electrons. The molecular weight excluding hydrogens is 200 g/mol. The maximum atomic E-state index is 12.7. The van der Waals surface area contributed by atoms with Crippen molar-refractivity contribution in [2.75, 3.05) is 0 Å². The summed E-state index contributed by atoms with van der Waals surface area (Å²) >= 11 is 0. The van der Waals surface area contributed by atoms with E-state index in [1.54, 1.807) is 0 Å². The molecule has 0 aromatic rings. The van der Waals surface area contributed by atoms with Gasteiger partial charge in [-0.25, -0.2) is 8.78 Å². The van der Waals surface area contributed by atoms with E-state index in [4.69, 9.17) is 5.11 Å². The molecule has 1 N–H and O–H groups in total. The van der Waals surface area contributed by atoms with E-state index in [2.05, 4.69) is 0 Å². The van der Waals surface area contributed by atoms with E-state index >= 15 is 0 Å². The first-order valence-corrected chi connectivity index (χ1v) is 4.49. The largest absolute Gasteiger partial charge is 0.382 e. The van der Waals surface area contributed by atoms with E-state index in [1.165, 1.54) is 6.08 Å². The lowest BCUT2D eigenvalue weighted by Crippen LogP contribution is -2.41. The van der Waals surface area contributed by atoms with Gasteiger partial charge in [-0.15, -0.1) is 0 Å². The first-order valence-electron chi connectivity index (χ1n) is 4.49. The molecule has 0 bridgehead atoms. The van der Waals surface area contributed by atoms with Gasteiger partial charge < -0.3 is 5.11 Å². The highest BCUT2D eigenvalue weighted by Gasteiger charge is 2.49. The molecule has 0 saturated carbocycles. The van der Waals surface area contributed by atoms with Gasteiger partial charge in [-0.05, 0) is 31.3 Å². The Morgan fingerprint density at radius 1 is 1.29 bits per heavy atom. The number of hydrogen-bond donors (Lipinski definition) is 1. The first-order chi connectivity index (χ1) is 6.46. The van der Waals surface area contributed by atoms with Crippen LogP contribution in [0.1, 0.15) is 25.7 Å². The first kappa shape index (κ1) is 11.5. The van der Waals surface area contributed by atoms with Gasteiger partial charge in [-0.2, -0.15) is 8.78 Å². The van der Waals surface area contributed by atoms with Gasteiger partial charge in [0.15, 0.2) is 0 Å². The van der Waals surface area contributed by atoms with Gasteiger partial charge in [0.25, 0.3) is 0 Å². The van der Waals surface area contributed by atoms with E-state index in [9.17, 15) is 17.6 Å². The normalized spacial score (nSPS) is 20.9. The SMILES string of the molecule is OC(C1=CCCCC1)C(F)(F)C(F)F. The molecule has 1 aliphatic carbocycles. The van der Waals surface area contributed by atoms with Crippen molar-refractivity contribution in [2.24, 2.45) is 0 Å². The van der Waals surface area contributed by atoms with Crippen LogP contribution in [-0.4, -0.2) is 23.6 Å². The second-order valence-corrected chi connectivity index (χ2v) is 3.40. The smallest absolute Gasteiger partial charge is 0.336 e. The van der Waals surface area contributed by atoms with Crippen LogP contribution in [0.15, 0.2) is 11.6 Å². The van der Waals surface area contributed by atoms with Crippen molar-refractivity contribution < 1.29 is 22.7 Å². The van der Waals surface area contributed by atoms with Gasteiger partial charge in [-0.1, -0.05) is 6.08 Å². The molecule has 1 atom stereocenters. The molecule has 0 spiro atoms. The number of halogens is 4. The molecule has 0 saturated heterocycles. The summed E-state index contributed by atoms with van der Waals surface area (Å²) in [5.74, 6) is -4.33. The number of aliphatic hydroxyl groups excluding tert-OH is 1. The molecule has 5 heteroatoms. The average Bonchev–Trinajstić information content (AvgIpc) is 2.17. The molecule has 1 unspecified atom stereocenters. The third-order valence-electron chi connectivity index (χ3n) is 2.33. The third kappa shape index (κ3) is 2.26. The fourth-order valence-corrected chi connectivity index (χ4v) is 1.48. The Bertz CT molecular complexity index is 225. The van der Waals surface area contributed by atoms with Crippen LogP contribution in [0, 0.1) is 0 Å². The van der Waals surface area contributed by atoms with Crippen molar-refractivity contribution >= 4 is 0 Å². The lowest BCUT2D eigenvalue weighted by molar-refractivity contribution is -0.181. The molecule has 1 aliphatic rings. The predicted octanol–water partition coefficient (Wildman–Crippen LogP) is 2.75. The van der Waals surface area contributed by atoms with Gasteiger partial charge in [0.05, 0.1) is 0 Å². The minimum absolute atomic E-state index is 0.0431. The highest BCUT2D eigenvalue weighted by molar-refractivity contribution is 5.14. The Labute approximate surface area is 79.4 Å². The Morgan fingerprint density at radius 3 is 2.36 bits per heavy atom. The highest BCUT2D eigenvalue weighted by atomic mass is 19.3. The average molecular weight is 212 g/mol. The van der Waals surface area contributed by atoms with Crippen LogP contribution >= 0.6 is 0 Å². The molecule has 0 fully saturated rings. The summed E-state index contributed by atoms with van der Waals surface area (Å²) in [4.78, 5) is 0. The van der Waals surface area contributed by atoms with E-state index in [-0.39, 0.29) is 12.0 Å². The van der Waals surface area contributed by atoms with E-state index in [0.717, 1.165) is 6.42 Å². The summed E-state index contributed by atoms with van der Waals surface area (Å²) in [6.07, 6.45) is -2.33. The van der Waals surface area contributed by atoms with Crippen molar-refractivity contribution in [2.45, 2.75) is 44.1 Å². The number of rotatable bonds is 3. The van der Waals surface area contributed by atoms with Crippen LogP contribution in [-0.2, 0) is 0 Å². The summed E-state index contributed by atoms with van der Waals surface area (Å²) < 4.78 is 49.1. The molecular formula is C9H12F4O. The standard InChI is InChI=1S/C9H12F4O/c10-8(11)9(12,13)7(14)6-4-2-1-3-5-6/h4,7-8,14H,1-3,5H2. The molecule has 0 aromatic heterocycles. The second kappa shape index (κ2) is 4.29. The molecule has 0 aromatic carbocycles. The minimum atomic E-state index is -4.33. The molecule has 1 nitrogen and oxygen atoms in total. The summed E-state index contributed by atoms with van der Waals surface area (Å²) in [5.41, 5.74) is 0.0431. The summed E-state index contributed by atoms with van der Waals surface area (Å²) in [6.45, 7) is 0. The van der Waals surface area contributed by atoms with Gasteiger partial charge in [0.1, 0.15) is 6.10 Å². The summed E-state index contributed by atoms with van der Waals surface area (Å²) in [6, 6.07) is 0. The van der Waals surface area contributed by atoms with Gasteiger partial charge in [0, 0.05) is 0 Å². The second-order valence-electron chi connectivity index (χ2n) is 3.40. The molecule has 14 heavy (non-hydrogen) atoms. The van der Waals surface area contributed by atoms with Crippen molar-refractivity contribution in [1.29, 1.82) is 0 Å². The number of alkyl halides is 4. The summed E-state index contributed by atoms with van der Waals surface area (Å²) in [7, 11) is 0. The maximum absolute atomic E-state index is 12.7. The van der Waals surface area contributed by atoms with E-state index in [0.29, 0.717) is 12.8 Å². The lowest BCUT2D eigenvalue weighted by atomic mass is 9.92. The maximum Gasteiger partial charge on any atom is 0.336 e. The zero-order valence-electron chi connectivity index (χ0n) is 7.52. The monoisotopic (exact) mass is 212 g/mol. The molecule has 0 aliphatic heterocycles. The molecule has 1 rings (SSSR count). The van der Waals surface area contributed by atoms with Crippen LogP contribution in [0.3, 0.4) is 0 Å². The quantitative estimate of drug-likeness (QED) is 0.563. The molecule has 82 valence electrons. The van der Waals surface area contributed by atoms with Crippen LogP contribution in [0.25, 0.3) is 0 Å². The molecule has 0 heterocycles. The van der Waals surface area contributed by atoms with E-state index in [1.807, 2.05) is 0 Å². The zero-order chi connectivity index (χ0) is 10.8. The van der Waals surface area contributed by atoms with Gasteiger partial charge in [0.2, 0.25) is 0 Å². The van der Waals surface area contributed by atoms with E-state index < -0.39 is 18.5 Å². The molecule has 0 amide bonds. The van der Waals surface area contributed by atoms with Crippen molar-refractivity contribution in [1.82, 2.24) is 0 Å². The van der Waals surface area contributed by atoms with Crippen LogP contribution in [0.4, 0.5) is 17.6 Å². The minimum Gasteiger partial charge on any atom is -0.382 e. The predicted molar refractivity (Wildman–Crippen MR) is 43.5 cm³/mol. The number of aliphatic hydroxyl groups is 1. The Hall–Kier alpha value is -0.580. The fourth-order valence-electron chi connectivity index (χ4n) is 1.48. The number of allylic oxidation sites excluding steroid dienone is 1. The third-order valence-corrected chi connectivity index (χ3v) is 2.33. The fraction of sp³-hybridized carbons (Fsp3) is 0.778. The van der Waals surface area contributed by atoms with Crippen LogP contribution in [0.5, 0.6) is 0 Å². The van der Waals surface area contributed by atoms with Crippen LogP contribution < -0.4 is 0 Å².